The Kier molecular flexibility index (Phi) is 2.79. The largest absolute Gasteiger partial charge is 0.144 e. The molecule has 0 fully saturated rings. The van der Waals surface area contributed by atoms with Gasteiger partial charge in [0.05, 0.1) is 0 Å². The first-order chi connectivity index (χ1) is 5.70. The van der Waals surface area contributed by atoms with E-state index < -0.39 is 0 Å². The second kappa shape index (κ2) is 3.55. The second-order valence-corrected chi connectivity index (χ2v) is 5.99. The first-order valence-electron chi connectivity index (χ1n) is 3.21. The molecule has 0 aliphatic rings. The van der Waals surface area contributed by atoms with Crippen LogP contribution in [0.25, 0.3) is 10.1 Å². The summed E-state index contributed by atoms with van der Waals surface area (Å²) in [5, 5.41) is 3.41. The third kappa shape index (κ3) is 1.47. The third-order valence-corrected chi connectivity index (χ3v) is 6.51. The Labute approximate surface area is 105 Å². The summed E-state index contributed by atoms with van der Waals surface area (Å²) in [6, 6.07) is 4.30. The van der Waals surface area contributed by atoms with Gasteiger partial charge in [-0.05, 0) is 72.0 Å². The molecule has 12 heavy (non-hydrogen) atoms. The van der Waals surface area contributed by atoms with E-state index in [0.717, 1.165) is 4.47 Å². The molecule has 0 amide bonds. The van der Waals surface area contributed by atoms with Crippen LogP contribution in [0.15, 0.2) is 26.5 Å². The second-order valence-electron chi connectivity index (χ2n) is 2.32. The Hall–Kier alpha value is 0.870. The predicted octanol–water partition coefficient (Wildman–Crippen LogP) is 5.03. The molecule has 0 unspecified atom stereocenters. The van der Waals surface area contributed by atoms with Crippen LogP contribution in [-0.4, -0.2) is 0 Å². The van der Waals surface area contributed by atoms with Crippen LogP contribution in [0.1, 0.15) is 0 Å². The summed E-state index contributed by atoms with van der Waals surface area (Å²) in [5.74, 6) is 0. The SMILES string of the molecule is Brc1cc2sccc2c(Br)c1I. The van der Waals surface area contributed by atoms with E-state index in [2.05, 4.69) is 72.0 Å². The van der Waals surface area contributed by atoms with Crippen molar-refractivity contribution < 1.29 is 0 Å². The highest BCUT2D eigenvalue weighted by Gasteiger charge is 2.07. The molecule has 0 radical (unpaired) electrons. The Morgan fingerprint density at radius 3 is 2.83 bits per heavy atom. The first kappa shape index (κ1) is 9.43. The number of halogens is 3. The summed E-state index contributed by atoms with van der Waals surface area (Å²) < 4.78 is 4.89. The van der Waals surface area contributed by atoms with Gasteiger partial charge in [0.1, 0.15) is 0 Å². The maximum absolute atomic E-state index is 3.58. The fourth-order valence-electron chi connectivity index (χ4n) is 1.02. The zero-order valence-electron chi connectivity index (χ0n) is 5.77. The van der Waals surface area contributed by atoms with Crippen LogP contribution < -0.4 is 0 Å². The molecule has 4 heteroatoms. The molecule has 62 valence electrons. The predicted molar refractivity (Wildman–Crippen MR) is 69.9 cm³/mol. The molecule has 0 saturated heterocycles. The lowest BCUT2D eigenvalue weighted by molar-refractivity contribution is 1.63. The number of rotatable bonds is 0. The van der Waals surface area contributed by atoms with Crippen LogP contribution in [0.3, 0.4) is 0 Å². The van der Waals surface area contributed by atoms with Crippen molar-refractivity contribution in [2.45, 2.75) is 0 Å². The van der Waals surface area contributed by atoms with Gasteiger partial charge in [0.15, 0.2) is 0 Å². The van der Waals surface area contributed by atoms with Crippen LogP contribution in [0.5, 0.6) is 0 Å². The molecule has 1 heterocycles. The molecular weight excluding hydrogens is 415 g/mol. The molecule has 0 bridgehead atoms. The van der Waals surface area contributed by atoms with E-state index in [-0.39, 0.29) is 0 Å². The molecular formula is C8H3Br2IS. The topological polar surface area (TPSA) is 0 Å². The highest BCUT2D eigenvalue weighted by atomic mass is 127. The van der Waals surface area contributed by atoms with Gasteiger partial charge >= 0.3 is 0 Å². The highest BCUT2D eigenvalue weighted by molar-refractivity contribution is 14.1. The summed E-state index contributed by atoms with van der Waals surface area (Å²) in [6.45, 7) is 0. The minimum absolute atomic E-state index is 1.16. The van der Waals surface area contributed by atoms with Gasteiger partial charge in [-0.25, -0.2) is 0 Å². The Morgan fingerprint density at radius 1 is 1.33 bits per heavy atom. The van der Waals surface area contributed by atoms with Crippen LogP contribution in [0.4, 0.5) is 0 Å². The minimum Gasteiger partial charge on any atom is -0.144 e. The molecule has 1 aromatic carbocycles. The average Bonchev–Trinajstić information content (AvgIpc) is 2.48. The Morgan fingerprint density at radius 2 is 2.08 bits per heavy atom. The lowest BCUT2D eigenvalue weighted by atomic mass is 10.3. The molecule has 2 rings (SSSR count). The number of fused-ring (bicyclic) bond motifs is 1. The summed E-state index contributed by atoms with van der Waals surface area (Å²) in [7, 11) is 0. The molecule has 0 saturated carbocycles. The van der Waals surface area contributed by atoms with Crippen molar-refractivity contribution in [2.24, 2.45) is 0 Å². The quantitative estimate of drug-likeness (QED) is 0.416. The average molecular weight is 418 g/mol. The number of thiophene rings is 1. The smallest absolute Gasteiger partial charge is 0.0421 e. The van der Waals surface area contributed by atoms with E-state index in [1.807, 2.05) is 0 Å². The lowest BCUT2D eigenvalue weighted by Crippen LogP contribution is -1.77. The van der Waals surface area contributed by atoms with Gasteiger partial charge in [0.2, 0.25) is 0 Å². The van der Waals surface area contributed by atoms with Crippen molar-refractivity contribution in [3.8, 4) is 0 Å². The van der Waals surface area contributed by atoms with Gasteiger partial charge in [-0.1, -0.05) is 0 Å². The van der Waals surface area contributed by atoms with E-state index in [0.29, 0.717) is 0 Å². The van der Waals surface area contributed by atoms with Gasteiger partial charge in [0, 0.05) is 22.6 Å². The molecule has 0 aliphatic heterocycles. The van der Waals surface area contributed by atoms with E-state index in [1.165, 1.54) is 18.1 Å². The van der Waals surface area contributed by atoms with Crippen molar-refractivity contribution in [2.75, 3.05) is 0 Å². The van der Waals surface area contributed by atoms with Crippen molar-refractivity contribution >= 4 is 75.9 Å². The Balaban J connectivity index is 2.94. The molecule has 0 aliphatic carbocycles. The zero-order chi connectivity index (χ0) is 8.72. The third-order valence-electron chi connectivity index (χ3n) is 1.59. The van der Waals surface area contributed by atoms with Gasteiger partial charge < -0.3 is 0 Å². The van der Waals surface area contributed by atoms with Gasteiger partial charge in [-0.15, -0.1) is 11.3 Å². The van der Waals surface area contributed by atoms with E-state index >= 15 is 0 Å². The van der Waals surface area contributed by atoms with E-state index in [4.69, 9.17) is 0 Å². The molecule has 1 aromatic heterocycles. The normalized spacial score (nSPS) is 10.9. The van der Waals surface area contributed by atoms with Crippen LogP contribution in [0.2, 0.25) is 0 Å². The first-order valence-corrected chi connectivity index (χ1v) is 6.75. The lowest BCUT2D eigenvalue weighted by Gasteiger charge is -2.00. The molecule has 0 spiro atoms. The van der Waals surface area contributed by atoms with Gasteiger partial charge in [-0.3, -0.25) is 0 Å². The fourth-order valence-corrected chi connectivity index (χ4v) is 3.83. The summed E-state index contributed by atoms with van der Waals surface area (Å²) in [6.07, 6.45) is 0. The van der Waals surface area contributed by atoms with Gasteiger partial charge in [0.25, 0.3) is 0 Å². The number of hydrogen-bond donors (Lipinski definition) is 0. The number of benzene rings is 1. The zero-order valence-corrected chi connectivity index (χ0v) is 11.9. The Bertz CT molecular complexity index is 436. The van der Waals surface area contributed by atoms with Crippen LogP contribution >= 0.6 is 65.8 Å². The van der Waals surface area contributed by atoms with Crippen LogP contribution in [0, 0.1) is 3.57 Å². The van der Waals surface area contributed by atoms with Crippen LogP contribution in [-0.2, 0) is 0 Å². The molecule has 0 N–H and O–H groups in total. The van der Waals surface area contributed by atoms with Crippen molar-refractivity contribution in [3.05, 3.63) is 30.0 Å². The van der Waals surface area contributed by atoms with Crippen molar-refractivity contribution in [3.63, 3.8) is 0 Å². The van der Waals surface area contributed by atoms with E-state index in [1.54, 1.807) is 11.3 Å². The van der Waals surface area contributed by atoms with Crippen molar-refractivity contribution in [1.82, 2.24) is 0 Å². The monoisotopic (exact) mass is 416 g/mol. The standard InChI is InChI=1S/C8H3Br2IS/c9-5-3-6-4(1-2-12-6)7(10)8(5)11/h1-3H. The molecule has 0 nitrogen and oxygen atoms in total. The fraction of sp³-hybridized carbons (Fsp3) is 0. The summed E-state index contributed by atoms with van der Waals surface area (Å²) in [4.78, 5) is 0. The van der Waals surface area contributed by atoms with Gasteiger partial charge in [-0.2, -0.15) is 0 Å². The number of hydrogen-bond acceptors (Lipinski definition) is 1. The van der Waals surface area contributed by atoms with E-state index in [9.17, 15) is 0 Å². The molecule has 0 atom stereocenters. The minimum atomic E-state index is 1.16. The summed E-state index contributed by atoms with van der Waals surface area (Å²) in [5.41, 5.74) is 0. The van der Waals surface area contributed by atoms with Crippen molar-refractivity contribution in [1.29, 1.82) is 0 Å². The molecule has 2 aromatic rings. The highest BCUT2D eigenvalue weighted by Crippen LogP contribution is 2.36. The maximum Gasteiger partial charge on any atom is 0.0421 e. The summed E-state index contributed by atoms with van der Waals surface area (Å²) >= 11 is 11.2. The maximum atomic E-state index is 3.58.